The Balaban J connectivity index is 1.31. The van der Waals surface area contributed by atoms with Gasteiger partial charge in [0.25, 0.3) is 5.91 Å². The number of hydrogen-bond acceptors (Lipinski definition) is 8. The molecule has 4 aromatic rings. The lowest BCUT2D eigenvalue weighted by Gasteiger charge is -2.13. The zero-order chi connectivity index (χ0) is 28.3. The van der Waals surface area contributed by atoms with Crippen molar-refractivity contribution in [2.75, 3.05) is 32.8 Å². The molecule has 1 N–H and O–H groups in total. The van der Waals surface area contributed by atoms with Crippen LogP contribution in [0.25, 0.3) is 0 Å². The molecule has 40 heavy (non-hydrogen) atoms. The van der Waals surface area contributed by atoms with E-state index in [9.17, 15) is 4.79 Å². The number of hydrogen-bond donors (Lipinski definition) is 1. The largest absolute Gasteiger partial charge is 0.493 e. The Morgan fingerprint density at radius 1 is 0.800 bits per heavy atom. The molecular formula is C30H33N3O7. The average molecular weight is 548 g/mol. The van der Waals surface area contributed by atoms with E-state index in [-0.39, 0.29) is 18.3 Å². The fourth-order valence-electron chi connectivity index (χ4n) is 3.83. The lowest BCUT2D eigenvalue weighted by molar-refractivity contribution is 0.102. The molecule has 0 fully saturated rings. The van der Waals surface area contributed by atoms with Gasteiger partial charge in [-0.05, 0) is 74.0 Å². The van der Waals surface area contributed by atoms with Gasteiger partial charge in [-0.15, -0.1) is 0 Å². The summed E-state index contributed by atoms with van der Waals surface area (Å²) in [6, 6.07) is 19.8. The van der Waals surface area contributed by atoms with Gasteiger partial charge in [-0.25, -0.2) is 4.68 Å². The predicted octanol–water partition coefficient (Wildman–Crippen LogP) is 5.57. The number of carbonyl (C=O) groups is 1. The van der Waals surface area contributed by atoms with E-state index in [4.69, 9.17) is 28.4 Å². The van der Waals surface area contributed by atoms with Gasteiger partial charge >= 0.3 is 0 Å². The summed E-state index contributed by atoms with van der Waals surface area (Å²) >= 11 is 0. The Bertz CT molecular complexity index is 1380. The Morgan fingerprint density at radius 2 is 1.50 bits per heavy atom. The van der Waals surface area contributed by atoms with Crippen LogP contribution in [-0.4, -0.2) is 43.1 Å². The van der Waals surface area contributed by atoms with Crippen molar-refractivity contribution in [2.45, 2.75) is 27.2 Å². The molecule has 1 aromatic heterocycles. The molecule has 3 aromatic carbocycles. The van der Waals surface area contributed by atoms with Gasteiger partial charge in [0, 0.05) is 11.9 Å². The smallest absolute Gasteiger partial charge is 0.276 e. The van der Waals surface area contributed by atoms with Crippen LogP contribution >= 0.6 is 0 Å². The standard InChI is InChI=1S/C30H33N3O7/c1-5-37-25-15-10-21(18-28(25)38-6-2)19-39-23-13-11-22(12-14-23)31-30(34)24-16-17-33(32-24)20-40-29-26(35-3)8-7-9-27(29)36-4/h7-18H,5-6,19-20H2,1-4H3,(H,31,34). The summed E-state index contributed by atoms with van der Waals surface area (Å²) in [6.07, 6.45) is 1.66. The second-order valence-electron chi connectivity index (χ2n) is 8.42. The van der Waals surface area contributed by atoms with Crippen molar-refractivity contribution in [1.82, 2.24) is 9.78 Å². The van der Waals surface area contributed by atoms with Crippen LogP contribution in [0.15, 0.2) is 72.9 Å². The molecule has 210 valence electrons. The number of methoxy groups -OCH3 is 2. The molecule has 4 rings (SSSR count). The van der Waals surface area contributed by atoms with Gasteiger partial charge in [-0.3, -0.25) is 4.79 Å². The monoisotopic (exact) mass is 547 g/mol. The van der Waals surface area contributed by atoms with E-state index in [1.807, 2.05) is 32.0 Å². The van der Waals surface area contributed by atoms with E-state index in [0.717, 1.165) is 5.56 Å². The topological polar surface area (TPSA) is 102 Å². The number of amides is 1. The zero-order valence-corrected chi connectivity index (χ0v) is 23.0. The molecule has 1 heterocycles. The van der Waals surface area contributed by atoms with Crippen LogP contribution in [0.5, 0.6) is 34.5 Å². The average Bonchev–Trinajstić information content (AvgIpc) is 3.46. The Hall–Kier alpha value is -4.86. The maximum Gasteiger partial charge on any atom is 0.276 e. The molecule has 0 aliphatic heterocycles. The molecule has 10 heteroatoms. The van der Waals surface area contributed by atoms with Crippen molar-refractivity contribution in [3.63, 3.8) is 0 Å². The third-order valence-corrected chi connectivity index (χ3v) is 5.72. The zero-order valence-electron chi connectivity index (χ0n) is 23.0. The van der Waals surface area contributed by atoms with Gasteiger partial charge in [0.15, 0.2) is 35.4 Å². The Morgan fingerprint density at radius 3 is 2.17 bits per heavy atom. The number of rotatable bonds is 14. The van der Waals surface area contributed by atoms with Crippen LogP contribution in [0.3, 0.4) is 0 Å². The van der Waals surface area contributed by atoms with E-state index in [0.29, 0.717) is 60.0 Å². The predicted molar refractivity (Wildman–Crippen MR) is 150 cm³/mol. The minimum atomic E-state index is -0.347. The van der Waals surface area contributed by atoms with E-state index in [2.05, 4.69) is 10.4 Å². The van der Waals surface area contributed by atoms with Gasteiger partial charge in [-0.2, -0.15) is 5.10 Å². The lowest BCUT2D eigenvalue weighted by Crippen LogP contribution is -2.14. The molecule has 10 nitrogen and oxygen atoms in total. The fourth-order valence-corrected chi connectivity index (χ4v) is 3.83. The van der Waals surface area contributed by atoms with Crippen molar-refractivity contribution in [2.24, 2.45) is 0 Å². The second kappa shape index (κ2) is 13.8. The van der Waals surface area contributed by atoms with Crippen molar-refractivity contribution in [1.29, 1.82) is 0 Å². The summed E-state index contributed by atoms with van der Waals surface area (Å²) < 4.78 is 35.2. The Labute approximate surface area is 233 Å². The highest BCUT2D eigenvalue weighted by molar-refractivity contribution is 6.02. The van der Waals surface area contributed by atoms with Crippen molar-refractivity contribution in [3.05, 3.63) is 84.2 Å². The van der Waals surface area contributed by atoms with E-state index in [1.165, 1.54) is 4.68 Å². The van der Waals surface area contributed by atoms with Gasteiger partial charge in [0.1, 0.15) is 12.4 Å². The molecule has 0 aliphatic rings. The first-order chi connectivity index (χ1) is 19.5. The normalized spacial score (nSPS) is 10.5. The maximum absolute atomic E-state index is 12.7. The number of para-hydroxylation sites is 1. The Kier molecular flexibility index (Phi) is 9.71. The first-order valence-corrected chi connectivity index (χ1v) is 12.8. The first kappa shape index (κ1) is 28.2. The summed E-state index contributed by atoms with van der Waals surface area (Å²) in [7, 11) is 3.11. The third-order valence-electron chi connectivity index (χ3n) is 5.72. The number of aromatic nitrogens is 2. The summed E-state index contributed by atoms with van der Waals surface area (Å²) in [4.78, 5) is 12.7. The number of anilines is 1. The molecule has 0 saturated carbocycles. The van der Waals surface area contributed by atoms with Crippen LogP contribution in [0.1, 0.15) is 29.9 Å². The van der Waals surface area contributed by atoms with E-state index >= 15 is 0 Å². The minimum absolute atomic E-state index is 0.0659. The third kappa shape index (κ3) is 7.16. The van der Waals surface area contributed by atoms with Crippen LogP contribution in [0.4, 0.5) is 5.69 Å². The van der Waals surface area contributed by atoms with Crippen molar-refractivity contribution >= 4 is 11.6 Å². The number of ether oxygens (including phenoxy) is 6. The van der Waals surface area contributed by atoms with Crippen LogP contribution in [-0.2, 0) is 13.3 Å². The number of carbonyl (C=O) groups excluding carboxylic acids is 1. The minimum Gasteiger partial charge on any atom is -0.493 e. The molecule has 0 unspecified atom stereocenters. The highest BCUT2D eigenvalue weighted by atomic mass is 16.5. The van der Waals surface area contributed by atoms with Gasteiger partial charge in [-0.1, -0.05) is 12.1 Å². The number of benzene rings is 3. The molecule has 0 bridgehead atoms. The summed E-state index contributed by atoms with van der Waals surface area (Å²) in [5.74, 6) is 3.24. The SMILES string of the molecule is CCOc1ccc(COc2ccc(NC(=O)c3ccn(COc4c(OC)cccc4OC)n3)cc2)cc1OCC. The van der Waals surface area contributed by atoms with Gasteiger partial charge in [0.2, 0.25) is 5.75 Å². The molecular weight excluding hydrogens is 514 g/mol. The fraction of sp³-hybridized carbons (Fsp3) is 0.267. The molecule has 0 aliphatic carbocycles. The van der Waals surface area contributed by atoms with E-state index < -0.39 is 0 Å². The summed E-state index contributed by atoms with van der Waals surface area (Å²) in [5, 5.41) is 7.15. The molecule has 0 spiro atoms. The highest BCUT2D eigenvalue weighted by Crippen LogP contribution is 2.37. The second-order valence-corrected chi connectivity index (χ2v) is 8.42. The number of nitrogens with one attached hydrogen (secondary N) is 1. The van der Waals surface area contributed by atoms with Crippen molar-refractivity contribution < 1.29 is 33.2 Å². The maximum atomic E-state index is 12.7. The van der Waals surface area contributed by atoms with E-state index in [1.54, 1.807) is 68.9 Å². The van der Waals surface area contributed by atoms with Gasteiger partial charge < -0.3 is 33.7 Å². The summed E-state index contributed by atoms with van der Waals surface area (Å²) in [5.41, 5.74) is 1.81. The highest BCUT2D eigenvalue weighted by Gasteiger charge is 2.14. The summed E-state index contributed by atoms with van der Waals surface area (Å²) in [6.45, 7) is 5.40. The molecule has 1 amide bonds. The quantitative estimate of drug-likeness (QED) is 0.219. The first-order valence-electron chi connectivity index (χ1n) is 12.8. The van der Waals surface area contributed by atoms with Crippen LogP contribution in [0, 0.1) is 0 Å². The molecule has 0 atom stereocenters. The van der Waals surface area contributed by atoms with Crippen LogP contribution < -0.4 is 33.7 Å². The lowest BCUT2D eigenvalue weighted by atomic mass is 10.2. The number of nitrogens with zero attached hydrogens (tertiary/aromatic N) is 2. The molecule has 0 radical (unpaired) electrons. The molecule has 0 saturated heterocycles. The van der Waals surface area contributed by atoms with Crippen molar-refractivity contribution in [3.8, 4) is 34.5 Å². The van der Waals surface area contributed by atoms with Gasteiger partial charge in [0.05, 0.1) is 27.4 Å². The van der Waals surface area contributed by atoms with Crippen LogP contribution in [0.2, 0.25) is 0 Å².